The molecule has 0 bridgehead atoms. The van der Waals surface area contributed by atoms with Gasteiger partial charge >= 0.3 is 0 Å². The van der Waals surface area contributed by atoms with E-state index in [4.69, 9.17) is 10.7 Å². The highest BCUT2D eigenvalue weighted by atomic mass is 16.2. The Morgan fingerprint density at radius 1 is 1.25 bits per heavy atom. The van der Waals surface area contributed by atoms with Gasteiger partial charge in [0.05, 0.1) is 22.8 Å². The molecule has 3 heterocycles. The predicted molar refractivity (Wildman–Crippen MR) is 111 cm³/mol. The van der Waals surface area contributed by atoms with Gasteiger partial charge in [0.2, 0.25) is 0 Å². The van der Waals surface area contributed by atoms with Gasteiger partial charge in [0, 0.05) is 30.7 Å². The highest BCUT2D eigenvalue weighted by molar-refractivity contribution is 6.06. The molecule has 1 saturated heterocycles. The Hall–Kier alpha value is -2.73. The van der Waals surface area contributed by atoms with Crippen LogP contribution in [0.25, 0.3) is 22.3 Å². The first-order valence-corrected chi connectivity index (χ1v) is 10.0. The van der Waals surface area contributed by atoms with E-state index in [1.807, 2.05) is 46.0 Å². The maximum Gasteiger partial charge on any atom is 0.255 e. The minimum atomic E-state index is 0.0306. The third kappa shape index (κ3) is 3.29. The number of piperidine rings is 1. The minimum absolute atomic E-state index is 0.0306. The molecule has 0 radical (unpaired) electrons. The Balaban J connectivity index is 1.88. The van der Waals surface area contributed by atoms with Gasteiger partial charge in [0.25, 0.3) is 5.91 Å². The Morgan fingerprint density at radius 2 is 2.04 bits per heavy atom. The van der Waals surface area contributed by atoms with Crippen LogP contribution < -0.4 is 5.73 Å². The highest BCUT2D eigenvalue weighted by Crippen LogP contribution is 2.29. The molecule has 1 aromatic carbocycles. The highest BCUT2D eigenvalue weighted by Gasteiger charge is 2.29. The molecule has 4 rings (SSSR count). The summed E-state index contributed by atoms with van der Waals surface area (Å²) in [4.78, 5) is 20.4. The van der Waals surface area contributed by atoms with Crippen LogP contribution in [0, 0.1) is 0 Å². The molecule has 146 valence electrons. The number of nitrogens with zero attached hydrogens (tertiary/aromatic N) is 4. The number of carbonyl (C=O) groups is 1. The zero-order chi connectivity index (χ0) is 19.7. The van der Waals surface area contributed by atoms with E-state index in [9.17, 15) is 4.79 Å². The summed E-state index contributed by atoms with van der Waals surface area (Å²) in [7, 11) is 0. The molecule has 1 unspecified atom stereocenters. The van der Waals surface area contributed by atoms with Crippen molar-refractivity contribution in [3.05, 3.63) is 48.2 Å². The zero-order valence-electron chi connectivity index (χ0n) is 16.5. The van der Waals surface area contributed by atoms with Crippen molar-refractivity contribution in [3.63, 3.8) is 0 Å². The van der Waals surface area contributed by atoms with Crippen LogP contribution in [0.3, 0.4) is 0 Å². The van der Waals surface area contributed by atoms with E-state index < -0.39 is 0 Å². The maximum absolute atomic E-state index is 13.6. The lowest BCUT2D eigenvalue weighted by Gasteiger charge is -2.35. The second-order valence-electron chi connectivity index (χ2n) is 7.73. The van der Waals surface area contributed by atoms with Crippen LogP contribution in [0.15, 0.2) is 42.6 Å². The molecule has 2 aromatic heterocycles. The second-order valence-corrected chi connectivity index (χ2v) is 7.73. The summed E-state index contributed by atoms with van der Waals surface area (Å²) in [5, 5.41) is 5.32. The third-order valence-electron chi connectivity index (χ3n) is 5.52. The van der Waals surface area contributed by atoms with E-state index in [1.54, 1.807) is 6.20 Å². The van der Waals surface area contributed by atoms with Crippen molar-refractivity contribution in [2.75, 3.05) is 13.1 Å². The fraction of sp³-hybridized carbons (Fsp3) is 0.409. The number of pyridine rings is 1. The molecule has 28 heavy (non-hydrogen) atoms. The van der Waals surface area contributed by atoms with E-state index >= 15 is 0 Å². The van der Waals surface area contributed by atoms with Gasteiger partial charge in [0.1, 0.15) is 0 Å². The normalized spacial score (nSPS) is 17.4. The summed E-state index contributed by atoms with van der Waals surface area (Å²) in [6.07, 6.45) is 4.88. The molecule has 0 spiro atoms. The summed E-state index contributed by atoms with van der Waals surface area (Å²) in [5.41, 5.74) is 9.16. The van der Waals surface area contributed by atoms with Crippen molar-refractivity contribution in [2.24, 2.45) is 5.73 Å². The van der Waals surface area contributed by atoms with Gasteiger partial charge in [-0.2, -0.15) is 5.10 Å². The lowest BCUT2D eigenvalue weighted by atomic mass is 9.99. The number of fused-ring (bicyclic) bond motifs is 1. The number of likely N-dealkylation sites (tertiary alicyclic amines) is 1. The van der Waals surface area contributed by atoms with E-state index in [0.717, 1.165) is 48.1 Å². The third-order valence-corrected chi connectivity index (χ3v) is 5.52. The number of carbonyl (C=O) groups excluding carboxylic acids is 1. The monoisotopic (exact) mass is 377 g/mol. The Morgan fingerprint density at radius 3 is 2.75 bits per heavy atom. The number of aromatic nitrogens is 3. The number of benzene rings is 1. The lowest BCUT2D eigenvalue weighted by molar-refractivity contribution is 0.0625. The van der Waals surface area contributed by atoms with E-state index in [1.165, 1.54) is 0 Å². The topological polar surface area (TPSA) is 77.0 Å². The number of nitrogens with two attached hydrogens (primary N) is 1. The SMILES string of the molecule is CC(C)n1ncc2c(C(=O)N3CCCCC3CN)cc(-c3ccccc3)nc21. The maximum atomic E-state index is 13.6. The molecule has 1 aliphatic heterocycles. The van der Waals surface area contributed by atoms with Gasteiger partial charge in [-0.15, -0.1) is 0 Å². The first-order chi connectivity index (χ1) is 13.6. The van der Waals surface area contributed by atoms with Crippen molar-refractivity contribution in [3.8, 4) is 11.3 Å². The largest absolute Gasteiger partial charge is 0.334 e. The van der Waals surface area contributed by atoms with Crippen LogP contribution in [0.4, 0.5) is 0 Å². The van der Waals surface area contributed by atoms with Gasteiger partial charge in [-0.25, -0.2) is 9.67 Å². The molecule has 0 saturated carbocycles. The Bertz CT molecular complexity index is 979. The van der Waals surface area contributed by atoms with Crippen LogP contribution in [0.5, 0.6) is 0 Å². The molecular weight excluding hydrogens is 350 g/mol. The van der Waals surface area contributed by atoms with Crippen molar-refractivity contribution in [1.29, 1.82) is 0 Å². The fourth-order valence-electron chi connectivity index (χ4n) is 4.00. The second kappa shape index (κ2) is 7.72. The predicted octanol–water partition coefficient (Wildman–Crippen LogP) is 3.63. The molecule has 2 N–H and O–H groups in total. The van der Waals surface area contributed by atoms with Crippen molar-refractivity contribution >= 4 is 16.9 Å². The molecule has 3 aromatic rings. The van der Waals surface area contributed by atoms with Crippen molar-refractivity contribution in [2.45, 2.75) is 45.2 Å². The number of hydrogen-bond donors (Lipinski definition) is 1. The molecule has 1 amide bonds. The van der Waals surface area contributed by atoms with Gasteiger partial charge in [-0.3, -0.25) is 4.79 Å². The Kier molecular flexibility index (Phi) is 5.13. The number of amides is 1. The standard InChI is InChI=1S/C22H27N5O/c1-15(2)27-21-19(14-24-27)18(12-20(25-21)16-8-4-3-5-9-16)22(28)26-11-7-6-10-17(26)13-23/h3-5,8-9,12,14-15,17H,6-7,10-11,13,23H2,1-2H3. The summed E-state index contributed by atoms with van der Waals surface area (Å²) in [5.74, 6) is 0.0306. The van der Waals surface area contributed by atoms with Crippen LogP contribution in [0.2, 0.25) is 0 Å². The minimum Gasteiger partial charge on any atom is -0.334 e. The van der Waals surface area contributed by atoms with Gasteiger partial charge in [-0.1, -0.05) is 30.3 Å². The average Bonchev–Trinajstić information content (AvgIpc) is 3.17. The molecule has 1 fully saturated rings. The molecule has 0 aliphatic carbocycles. The van der Waals surface area contributed by atoms with E-state index in [0.29, 0.717) is 12.1 Å². The molecular formula is C22H27N5O. The van der Waals surface area contributed by atoms with E-state index in [2.05, 4.69) is 18.9 Å². The molecule has 1 atom stereocenters. The lowest BCUT2D eigenvalue weighted by Crippen LogP contribution is -2.47. The van der Waals surface area contributed by atoms with Crippen LogP contribution in [-0.4, -0.2) is 44.7 Å². The average molecular weight is 377 g/mol. The Labute approximate surface area is 165 Å². The van der Waals surface area contributed by atoms with Crippen LogP contribution in [-0.2, 0) is 0 Å². The molecule has 6 nitrogen and oxygen atoms in total. The summed E-state index contributed by atoms with van der Waals surface area (Å²) >= 11 is 0. The quantitative estimate of drug-likeness (QED) is 0.753. The van der Waals surface area contributed by atoms with Crippen molar-refractivity contribution < 1.29 is 4.79 Å². The summed E-state index contributed by atoms with van der Waals surface area (Å²) in [6, 6.07) is 12.1. The van der Waals surface area contributed by atoms with Gasteiger partial charge in [0.15, 0.2) is 5.65 Å². The zero-order valence-corrected chi connectivity index (χ0v) is 16.5. The first-order valence-electron chi connectivity index (χ1n) is 10.0. The van der Waals surface area contributed by atoms with Crippen molar-refractivity contribution in [1.82, 2.24) is 19.7 Å². The number of hydrogen-bond acceptors (Lipinski definition) is 4. The van der Waals surface area contributed by atoms with E-state index in [-0.39, 0.29) is 18.0 Å². The van der Waals surface area contributed by atoms with Crippen LogP contribution >= 0.6 is 0 Å². The van der Waals surface area contributed by atoms with Crippen LogP contribution in [0.1, 0.15) is 49.5 Å². The number of rotatable bonds is 4. The van der Waals surface area contributed by atoms with Gasteiger partial charge < -0.3 is 10.6 Å². The first kappa shape index (κ1) is 18.6. The molecule has 1 aliphatic rings. The molecule has 6 heteroatoms. The summed E-state index contributed by atoms with van der Waals surface area (Å²) < 4.78 is 1.88. The smallest absolute Gasteiger partial charge is 0.255 e. The fourth-order valence-corrected chi connectivity index (χ4v) is 4.00. The van der Waals surface area contributed by atoms with Gasteiger partial charge in [-0.05, 0) is 39.2 Å². The summed E-state index contributed by atoms with van der Waals surface area (Å²) in [6.45, 7) is 5.39.